The molecule has 1 N–H and O–H groups in total. The predicted octanol–water partition coefficient (Wildman–Crippen LogP) is 1.45. The summed E-state index contributed by atoms with van der Waals surface area (Å²) in [5, 5.41) is 7.63. The van der Waals surface area contributed by atoms with E-state index in [0.717, 1.165) is 38.2 Å². The minimum Gasteiger partial charge on any atom is -0.493 e. The summed E-state index contributed by atoms with van der Waals surface area (Å²) in [6, 6.07) is 0. The average molecular weight is 211 g/mol. The first-order valence-corrected chi connectivity index (χ1v) is 5.62. The summed E-state index contributed by atoms with van der Waals surface area (Å²) >= 11 is 0. The Hall–Kier alpha value is -1.03. The Bertz CT molecular complexity index is 283. The van der Waals surface area contributed by atoms with Gasteiger partial charge >= 0.3 is 0 Å². The number of nitrogens with one attached hydrogen (secondary N) is 1. The highest BCUT2D eigenvalue weighted by Gasteiger charge is 2.09. The van der Waals surface area contributed by atoms with Gasteiger partial charge in [-0.1, -0.05) is 13.8 Å². The highest BCUT2D eigenvalue weighted by molar-refractivity contribution is 5.25. The van der Waals surface area contributed by atoms with Crippen LogP contribution in [0.4, 0.5) is 0 Å². The van der Waals surface area contributed by atoms with Gasteiger partial charge in [-0.3, -0.25) is 4.68 Å². The van der Waals surface area contributed by atoms with Crippen LogP contribution < -0.4 is 10.1 Å². The van der Waals surface area contributed by atoms with E-state index >= 15 is 0 Å². The summed E-state index contributed by atoms with van der Waals surface area (Å²) in [7, 11) is 1.70. The largest absolute Gasteiger partial charge is 0.493 e. The third-order valence-electron chi connectivity index (χ3n) is 2.35. The molecule has 15 heavy (non-hydrogen) atoms. The van der Waals surface area contributed by atoms with E-state index in [0.29, 0.717) is 0 Å². The van der Waals surface area contributed by atoms with E-state index in [2.05, 4.69) is 24.3 Å². The molecule has 1 heterocycles. The number of ether oxygens (including phenoxy) is 1. The molecule has 86 valence electrons. The van der Waals surface area contributed by atoms with Crippen molar-refractivity contribution in [2.24, 2.45) is 0 Å². The summed E-state index contributed by atoms with van der Waals surface area (Å²) in [5.74, 6) is 0.904. The van der Waals surface area contributed by atoms with Crippen molar-refractivity contribution in [1.29, 1.82) is 0 Å². The zero-order valence-corrected chi connectivity index (χ0v) is 9.92. The number of aromatic nitrogens is 2. The van der Waals surface area contributed by atoms with Gasteiger partial charge in [0.05, 0.1) is 19.0 Å². The van der Waals surface area contributed by atoms with Crippen molar-refractivity contribution in [1.82, 2.24) is 15.1 Å². The lowest BCUT2D eigenvalue weighted by molar-refractivity contribution is 0.406. The van der Waals surface area contributed by atoms with E-state index in [1.54, 1.807) is 13.3 Å². The summed E-state index contributed by atoms with van der Waals surface area (Å²) in [6.45, 7) is 7.21. The molecular formula is C11H21N3O. The van der Waals surface area contributed by atoms with Gasteiger partial charge in [0.2, 0.25) is 0 Å². The van der Waals surface area contributed by atoms with Crippen LogP contribution in [0.3, 0.4) is 0 Å². The molecule has 1 aromatic heterocycles. The van der Waals surface area contributed by atoms with E-state index in [9.17, 15) is 0 Å². The maximum atomic E-state index is 5.29. The molecule has 0 radical (unpaired) electrons. The smallest absolute Gasteiger partial charge is 0.159 e. The molecule has 0 aliphatic heterocycles. The number of methoxy groups -OCH3 is 1. The van der Waals surface area contributed by atoms with Crippen molar-refractivity contribution >= 4 is 0 Å². The zero-order valence-electron chi connectivity index (χ0n) is 9.92. The first kappa shape index (κ1) is 12.0. The average Bonchev–Trinajstić information content (AvgIpc) is 2.62. The van der Waals surface area contributed by atoms with Gasteiger partial charge in [0.1, 0.15) is 0 Å². The van der Waals surface area contributed by atoms with Crippen molar-refractivity contribution in [3.05, 3.63) is 11.9 Å². The van der Waals surface area contributed by atoms with Crippen molar-refractivity contribution in [3.63, 3.8) is 0 Å². The van der Waals surface area contributed by atoms with Gasteiger partial charge in [-0.2, -0.15) is 5.10 Å². The third kappa shape index (κ3) is 3.23. The van der Waals surface area contributed by atoms with Gasteiger partial charge < -0.3 is 10.1 Å². The zero-order chi connectivity index (χ0) is 11.1. The Morgan fingerprint density at radius 2 is 2.27 bits per heavy atom. The molecule has 0 saturated carbocycles. The monoisotopic (exact) mass is 211 g/mol. The van der Waals surface area contributed by atoms with Crippen LogP contribution in [0.2, 0.25) is 0 Å². The predicted molar refractivity (Wildman–Crippen MR) is 61.3 cm³/mol. The second-order valence-corrected chi connectivity index (χ2v) is 3.49. The van der Waals surface area contributed by atoms with Crippen LogP contribution in [0.5, 0.6) is 5.75 Å². The normalized spacial score (nSPS) is 10.6. The van der Waals surface area contributed by atoms with E-state index in [-0.39, 0.29) is 0 Å². The third-order valence-corrected chi connectivity index (χ3v) is 2.35. The summed E-state index contributed by atoms with van der Waals surface area (Å²) < 4.78 is 7.33. The number of aryl methyl sites for hydroxylation is 1. The molecular weight excluding hydrogens is 190 g/mol. The molecule has 0 atom stereocenters. The molecule has 0 aliphatic carbocycles. The van der Waals surface area contributed by atoms with E-state index < -0.39 is 0 Å². The minimum absolute atomic E-state index is 0.904. The number of nitrogens with zero attached hydrogens (tertiary/aromatic N) is 2. The summed E-state index contributed by atoms with van der Waals surface area (Å²) in [4.78, 5) is 0. The highest BCUT2D eigenvalue weighted by atomic mass is 16.5. The fourth-order valence-corrected chi connectivity index (χ4v) is 1.60. The van der Waals surface area contributed by atoms with Crippen molar-refractivity contribution in [2.75, 3.05) is 20.2 Å². The van der Waals surface area contributed by atoms with Crippen LogP contribution >= 0.6 is 0 Å². The SMILES string of the molecule is CCCn1ncc(OC)c1CCNCC. The molecule has 0 amide bonds. The highest BCUT2D eigenvalue weighted by Crippen LogP contribution is 2.17. The first-order chi connectivity index (χ1) is 7.33. The van der Waals surface area contributed by atoms with Gasteiger partial charge in [0.15, 0.2) is 5.75 Å². The second kappa shape index (κ2) is 6.45. The lowest BCUT2D eigenvalue weighted by Crippen LogP contribution is -2.18. The Kier molecular flexibility index (Phi) is 5.18. The van der Waals surface area contributed by atoms with Crippen molar-refractivity contribution < 1.29 is 4.74 Å². The lowest BCUT2D eigenvalue weighted by Gasteiger charge is -2.08. The molecule has 1 rings (SSSR count). The fraction of sp³-hybridized carbons (Fsp3) is 0.727. The molecule has 0 bridgehead atoms. The summed E-state index contributed by atoms with van der Waals surface area (Å²) in [5.41, 5.74) is 1.19. The molecule has 0 unspecified atom stereocenters. The molecule has 0 aromatic carbocycles. The Labute approximate surface area is 91.6 Å². The van der Waals surface area contributed by atoms with E-state index in [1.165, 1.54) is 5.69 Å². The maximum Gasteiger partial charge on any atom is 0.159 e. The van der Waals surface area contributed by atoms with Crippen LogP contribution in [0.15, 0.2) is 6.20 Å². The Balaban J connectivity index is 2.66. The molecule has 4 nitrogen and oxygen atoms in total. The number of likely N-dealkylation sites (N-methyl/N-ethyl adjacent to an activating group) is 1. The molecule has 1 aromatic rings. The lowest BCUT2D eigenvalue weighted by atomic mass is 10.3. The van der Waals surface area contributed by atoms with Crippen LogP contribution in [0.25, 0.3) is 0 Å². The topological polar surface area (TPSA) is 39.1 Å². The standard InChI is InChI=1S/C11H21N3O/c1-4-8-14-10(6-7-12-5-2)11(15-3)9-13-14/h9,12H,4-8H2,1-3H3. The molecule has 0 saturated heterocycles. The molecule has 0 aliphatic rings. The van der Waals surface area contributed by atoms with Crippen LogP contribution in [0.1, 0.15) is 26.0 Å². The maximum absolute atomic E-state index is 5.29. The Morgan fingerprint density at radius 3 is 2.87 bits per heavy atom. The quantitative estimate of drug-likeness (QED) is 0.694. The number of hydrogen-bond donors (Lipinski definition) is 1. The fourth-order valence-electron chi connectivity index (χ4n) is 1.60. The van der Waals surface area contributed by atoms with Crippen molar-refractivity contribution in [2.45, 2.75) is 33.2 Å². The number of rotatable bonds is 7. The molecule has 4 heteroatoms. The van der Waals surface area contributed by atoms with E-state index in [1.807, 2.05) is 4.68 Å². The second-order valence-electron chi connectivity index (χ2n) is 3.49. The van der Waals surface area contributed by atoms with Gasteiger partial charge in [-0.15, -0.1) is 0 Å². The number of hydrogen-bond acceptors (Lipinski definition) is 3. The van der Waals surface area contributed by atoms with Gasteiger partial charge in [0, 0.05) is 19.5 Å². The van der Waals surface area contributed by atoms with Crippen LogP contribution in [0, 0.1) is 0 Å². The van der Waals surface area contributed by atoms with Gasteiger partial charge in [0.25, 0.3) is 0 Å². The van der Waals surface area contributed by atoms with Gasteiger partial charge in [-0.25, -0.2) is 0 Å². The van der Waals surface area contributed by atoms with E-state index in [4.69, 9.17) is 4.74 Å². The van der Waals surface area contributed by atoms with Crippen LogP contribution in [-0.2, 0) is 13.0 Å². The van der Waals surface area contributed by atoms with Gasteiger partial charge in [-0.05, 0) is 13.0 Å². The molecule has 0 spiro atoms. The van der Waals surface area contributed by atoms with Crippen LogP contribution in [-0.4, -0.2) is 30.0 Å². The van der Waals surface area contributed by atoms with Crippen molar-refractivity contribution in [3.8, 4) is 5.75 Å². The minimum atomic E-state index is 0.904. The Morgan fingerprint density at radius 1 is 1.47 bits per heavy atom. The summed E-state index contributed by atoms with van der Waals surface area (Å²) in [6.07, 6.45) is 3.87. The molecule has 0 fully saturated rings. The first-order valence-electron chi connectivity index (χ1n) is 5.62.